The molecule has 28 radical (unpaired) electrons. The van der Waals surface area contributed by atoms with E-state index >= 15 is 0 Å². The second-order valence-electron chi connectivity index (χ2n) is 8.00. The molecule has 0 spiro atoms. The van der Waals surface area contributed by atoms with E-state index in [9.17, 15) is 0 Å². The van der Waals surface area contributed by atoms with Gasteiger partial charge in [0.05, 0.1) is 28.1 Å². The Balaban J connectivity index is -0.0000000276. The van der Waals surface area contributed by atoms with Crippen LogP contribution in [0.25, 0.3) is 0 Å². The van der Waals surface area contributed by atoms with Crippen molar-refractivity contribution in [2.24, 2.45) is 0 Å². The minimum Gasteiger partial charge on any atom is -0.358 e. The number of rotatable bonds is 11. The van der Waals surface area contributed by atoms with Gasteiger partial charge in [-0.25, -0.2) is 0 Å². The molecule has 0 bridgehead atoms. The molecule has 25 heteroatoms. The molecule has 236 valence electrons. The summed E-state index contributed by atoms with van der Waals surface area (Å²) in [7, 11) is 53.2. The smallest absolute Gasteiger partial charge is 0.111 e. The van der Waals surface area contributed by atoms with Gasteiger partial charge in [0.15, 0.2) is 0 Å². The molecule has 0 saturated heterocycles. The molecule has 0 aliphatic heterocycles. The first kappa shape index (κ1) is 96.3. The van der Waals surface area contributed by atoms with Crippen molar-refractivity contribution in [2.75, 3.05) is 0 Å². The molecule has 0 aromatic heterocycles. The number of benzene rings is 2. The molecular formula is C26H49B19W2Y4-2. The van der Waals surface area contributed by atoms with Crippen LogP contribution in [0.3, 0.4) is 0 Å². The maximum absolute atomic E-state index is 5.69. The minimum atomic E-state index is -0.278. The topological polar surface area (TPSA) is 0 Å². The molecule has 0 nitrogen and oxygen atoms in total. The monoisotopic (exact) mass is 1290 g/mol. The van der Waals surface area contributed by atoms with Crippen LogP contribution in [0, 0.1) is 14.9 Å². The third-order valence-electron chi connectivity index (χ3n) is 4.24. The Morgan fingerprint density at radius 2 is 1.00 bits per heavy atom. The Hall–Kier alpha value is 5.47. The van der Waals surface area contributed by atoms with Crippen LogP contribution in [-0.2, 0) is 186 Å². The van der Waals surface area contributed by atoms with Crippen molar-refractivity contribution >= 4 is 138 Å². The van der Waals surface area contributed by atoms with Gasteiger partial charge in [-0.3, -0.25) is 0 Å². The molecule has 51 heavy (non-hydrogen) atoms. The largest absolute Gasteiger partial charge is 0.358 e. The van der Waals surface area contributed by atoms with Gasteiger partial charge in [0, 0.05) is 276 Å². The summed E-state index contributed by atoms with van der Waals surface area (Å²) < 4.78 is 0. The average molecular weight is 1290 g/mol. The van der Waals surface area contributed by atoms with E-state index in [1.807, 2.05) is 60.7 Å². The predicted octanol–water partition coefficient (Wildman–Crippen LogP) is 2.48. The number of hydrogen-bond donors (Lipinski definition) is 0. The van der Waals surface area contributed by atoms with Crippen LogP contribution in [-0.4, -0.2) is 138 Å². The molecule has 0 N–H and O–H groups in total. The number of hydrogen-bond acceptors (Lipinski definition) is 0. The van der Waals surface area contributed by atoms with Gasteiger partial charge in [0.25, 0.3) is 0 Å². The standard InChI is InChI=1S/C8H10B6.C8H10B.C2H5B5.2C2H6.CH3B3.CH3B2.2CH3.B2.2W.4Y/c1-13(12-14(10)11-9)7-8-5-3-2-4-6-8;1-9-7-8-5-3-2-4-6-8;1-2-5-6-7(3)4;2*1-2;1-3-4-2;1-3-2;;;1-2;;;;;;/h2-6H,7H2,1H3;2-6H,7H2,1H3;2H2,1H3;2*1-2H3;1H3;1H3;2*1H3;;;;;;;/q;;;;;;;2*-1;;;;;;;. The summed E-state index contributed by atoms with van der Waals surface area (Å²) in [4.78, 5) is 0. The minimum absolute atomic E-state index is 0. The van der Waals surface area contributed by atoms with Crippen LogP contribution in [0.4, 0.5) is 0 Å². The van der Waals surface area contributed by atoms with Crippen LogP contribution in [0.15, 0.2) is 60.7 Å². The van der Waals surface area contributed by atoms with Crippen molar-refractivity contribution < 1.29 is 173 Å². The Labute approximate surface area is 470 Å². The fourth-order valence-corrected chi connectivity index (χ4v) is 2.64. The molecule has 0 heterocycles. The van der Waals surface area contributed by atoms with Gasteiger partial charge in [0.1, 0.15) is 7.28 Å². The molecule has 0 atom stereocenters. The van der Waals surface area contributed by atoms with Crippen LogP contribution < -0.4 is 0 Å². The van der Waals surface area contributed by atoms with E-state index in [4.69, 9.17) is 46.4 Å². The van der Waals surface area contributed by atoms with E-state index in [1.165, 1.54) is 32.4 Å². The average Bonchev–Trinajstić information content (AvgIpc) is 3.05. The van der Waals surface area contributed by atoms with E-state index in [1.54, 1.807) is 21.1 Å². The molecule has 0 unspecified atom stereocenters. The summed E-state index contributed by atoms with van der Waals surface area (Å²) in [5, 5.41) is 0. The van der Waals surface area contributed by atoms with Gasteiger partial charge in [0.2, 0.25) is 0 Å². The first-order valence-corrected chi connectivity index (χ1v) is 15.1. The van der Waals surface area contributed by atoms with Crippen molar-refractivity contribution in [3.8, 4) is 0 Å². The molecule has 0 aliphatic rings. The van der Waals surface area contributed by atoms with Crippen molar-refractivity contribution in [3.63, 3.8) is 0 Å². The first-order valence-electron chi connectivity index (χ1n) is 15.1. The maximum Gasteiger partial charge on any atom is 0.111 e. The van der Waals surface area contributed by atoms with Crippen LogP contribution in [0.1, 0.15) is 45.7 Å². The van der Waals surface area contributed by atoms with Gasteiger partial charge in [-0.05, 0) is 0 Å². The Morgan fingerprint density at radius 1 is 0.667 bits per heavy atom. The molecule has 0 fully saturated rings. The molecule has 2 aromatic rings. The van der Waals surface area contributed by atoms with E-state index in [2.05, 4.69) is 92.0 Å². The van der Waals surface area contributed by atoms with Gasteiger partial charge in [-0.1, -0.05) is 139 Å². The molecular weight excluding hydrogens is 1240 g/mol. The van der Waals surface area contributed by atoms with Gasteiger partial charge in [-0.2, -0.15) is 0 Å². The molecule has 2 aromatic carbocycles. The van der Waals surface area contributed by atoms with Crippen molar-refractivity contribution in [1.82, 2.24) is 0 Å². The fraction of sp³-hybridized carbons (Fsp3) is 0.462. The van der Waals surface area contributed by atoms with Crippen LogP contribution in [0.5, 0.6) is 0 Å². The normalized spacial score (nSPS) is 6.14. The zero-order valence-corrected chi connectivity index (χ0v) is 51.2. The quantitative estimate of drug-likeness (QED) is 0.240. The van der Waals surface area contributed by atoms with E-state index in [-0.39, 0.29) is 201 Å². The third kappa shape index (κ3) is 102. The summed E-state index contributed by atoms with van der Waals surface area (Å²) in [6, 6.07) is 20.8. The zero-order valence-electron chi connectivity index (χ0n) is 34.0. The summed E-state index contributed by atoms with van der Waals surface area (Å²) in [6.45, 7) is 18.4. The summed E-state index contributed by atoms with van der Waals surface area (Å²) in [5.41, 5.74) is 2.72. The second kappa shape index (κ2) is 95.7. The van der Waals surface area contributed by atoms with Crippen molar-refractivity contribution in [2.45, 2.75) is 80.9 Å². The molecule has 0 saturated carbocycles. The molecule has 0 amide bonds. The first-order chi connectivity index (χ1) is 20.7. The SMILES string of the molecule is CC.CC.C[B]Cc1ccccc1.[B]B([B])[B][B]CC.[B][B].[B][B]B([B])[B]B(C)Cc1ccccc1.[B][B]C.[B][B][B]C.[CH3-].[CH3-].[W].[W].[Y].[Y].[Y].[Y]. The Morgan fingerprint density at radius 3 is 1.24 bits per heavy atom. The van der Waals surface area contributed by atoms with E-state index in [0.717, 1.165) is 19.0 Å². The van der Waals surface area contributed by atoms with Gasteiger partial charge in [-0.15, -0.1) is 13.6 Å². The predicted molar refractivity (Wildman–Crippen MR) is 239 cm³/mol. The second-order valence-corrected chi connectivity index (χ2v) is 8.00. The fourth-order valence-electron chi connectivity index (χ4n) is 2.64. The van der Waals surface area contributed by atoms with E-state index < -0.39 is 0 Å². The van der Waals surface area contributed by atoms with Crippen molar-refractivity contribution in [3.05, 3.63) is 86.6 Å². The maximum atomic E-state index is 5.69. The van der Waals surface area contributed by atoms with Gasteiger partial charge >= 0.3 is 0 Å². The third-order valence-corrected chi connectivity index (χ3v) is 4.24. The molecule has 0 aliphatic carbocycles. The summed E-state index contributed by atoms with van der Waals surface area (Å²) in [5.74, 6) is 0. The Kier molecular flexibility index (Phi) is 181. The van der Waals surface area contributed by atoms with Gasteiger partial charge < -0.3 is 14.9 Å². The molecule has 2 rings (SSSR count). The summed E-state index contributed by atoms with van der Waals surface area (Å²) >= 11 is 0. The van der Waals surface area contributed by atoms with Crippen LogP contribution in [0.2, 0.25) is 33.6 Å². The summed E-state index contributed by atoms with van der Waals surface area (Å²) in [6.07, 6.45) is 2.72. The van der Waals surface area contributed by atoms with Crippen molar-refractivity contribution in [1.29, 1.82) is 0 Å². The van der Waals surface area contributed by atoms with E-state index in [0.29, 0.717) is 6.60 Å². The van der Waals surface area contributed by atoms with Crippen LogP contribution >= 0.6 is 0 Å². The Bertz CT molecular complexity index is 687. The zero-order chi connectivity index (χ0) is 34.7.